The number of hydrogen-bond acceptors (Lipinski definition) is 3. The molecule has 0 atom stereocenters. The predicted octanol–water partition coefficient (Wildman–Crippen LogP) is 17.7. The van der Waals surface area contributed by atoms with E-state index in [0.29, 0.717) is 0 Å². The molecule has 0 N–H and O–H groups in total. The number of fused-ring (bicyclic) bond motifs is 7. The molecular formula is C71H82BN3. The van der Waals surface area contributed by atoms with Crippen molar-refractivity contribution in [2.45, 2.75) is 182 Å². The monoisotopic (exact) mass is 988 g/mol. The second kappa shape index (κ2) is 16.5. The van der Waals surface area contributed by atoms with E-state index in [0.717, 1.165) is 29.9 Å². The fraction of sp³-hybridized carbons (Fsp3) is 0.408. The molecule has 3 nitrogen and oxygen atoms in total. The Morgan fingerprint density at radius 1 is 0.413 bits per heavy atom. The number of anilines is 9. The highest BCUT2D eigenvalue weighted by atomic mass is 15.2. The molecule has 5 aliphatic rings. The van der Waals surface area contributed by atoms with Crippen molar-refractivity contribution in [1.82, 2.24) is 0 Å². The van der Waals surface area contributed by atoms with Crippen molar-refractivity contribution in [3.8, 4) is 0 Å². The van der Waals surface area contributed by atoms with Crippen molar-refractivity contribution < 1.29 is 0 Å². The largest absolute Gasteiger partial charge is 0.311 e. The molecule has 0 saturated carbocycles. The number of benzene rings is 7. The molecule has 0 spiro atoms. The fourth-order valence-electron chi connectivity index (χ4n) is 14.3. The zero-order valence-corrected chi connectivity index (χ0v) is 48.4. The van der Waals surface area contributed by atoms with E-state index in [1.54, 1.807) is 0 Å². The van der Waals surface area contributed by atoms with E-state index in [2.05, 4.69) is 259 Å². The summed E-state index contributed by atoms with van der Waals surface area (Å²) >= 11 is 0. The summed E-state index contributed by atoms with van der Waals surface area (Å²) in [5.74, 6) is 0. The molecule has 12 rings (SSSR count). The molecule has 0 fully saturated rings. The Labute approximate surface area is 451 Å². The molecule has 2 aliphatic heterocycles. The lowest BCUT2D eigenvalue weighted by molar-refractivity contribution is 0.332. The van der Waals surface area contributed by atoms with E-state index in [4.69, 9.17) is 0 Å². The van der Waals surface area contributed by atoms with Gasteiger partial charge in [-0.2, -0.15) is 0 Å². The van der Waals surface area contributed by atoms with Crippen molar-refractivity contribution in [2.24, 2.45) is 5.41 Å². The lowest BCUT2D eigenvalue weighted by atomic mass is 9.33. The van der Waals surface area contributed by atoms with E-state index in [-0.39, 0.29) is 44.6 Å². The van der Waals surface area contributed by atoms with Crippen molar-refractivity contribution in [3.05, 3.63) is 178 Å². The van der Waals surface area contributed by atoms with E-state index in [1.165, 1.54) is 121 Å². The van der Waals surface area contributed by atoms with Crippen LogP contribution in [0.25, 0.3) is 0 Å². The Kier molecular flexibility index (Phi) is 11.0. The maximum atomic E-state index is 2.70. The van der Waals surface area contributed by atoms with Crippen LogP contribution in [0.1, 0.15) is 181 Å². The summed E-state index contributed by atoms with van der Waals surface area (Å²) in [7, 11) is 0. The molecule has 0 aromatic heterocycles. The van der Waals surface area contributed by atoms with Crippen LogP contribution in [0.4, 0.5) is 51.2 Å². The molecule has 2 heterocycles. The second-order valence-corrected chi connectivity index (χ2v) is 29.1. The van der Waals surface area contributed by atoms with Crippen LogP contribution in [-0.2, 0) is 45.3 Å². The van der Waals surface area contributed by atoms with Crippen LogP contribution in [0, 0.1) is 5.41 Å². The van der Waals surface area contributed by atoms with Gasteiger partial charge in [0.15, 0.2) is 0 Å². The smallest absolute Gasteiger partial charge is 0.252 e. The number of rotatable bonds is 5. The molecule has 3 aliphatic carbocycles. The molecule has 75 heavy (non-hydrogen) atoms. The van der Waals surface area contributed by atoms with Gasteiger partial charge in [-0.3, -0.25) is 0 Å². The van der Waals surface area contributed by atoms with Crippen LogP contribution in [0.15, 0.2) is 133 Å². The van der Waals surface area contributed by atoms with Crippen LogP contribution in [-0.4, -0.2) is 6.71 Å². The highest BCUT2D eigenvalue weighted by Gasteiger charge is 2.48. The molecule has 7 aromatic rings. The quantitative estimate of drug-likeness (QED) is 0.159. The van der Waals surface area contributed by atoms with Crippen molar-refractivity contribution in [3.63, 3.8) is 0 Å². The van der Waals surface area contributed by atoms with E-state index >= 15 is 0 Å². The minimum atomic E-state index is 0.0145. The molecule has 0 saturated heterocycles. The standard InChI is InChI=1S/C71H82BN3/c1-65(2,3)46-23-27-48(28-24-46)73(49-29-25-47(26-30-49)66(4,5)6)51-32-34-57-62(40-51)75(59-20-17-19-45-43-67(7,8)44-52(45)59)61-22-18-21-60-64(61)72(57)58-41-55-56(71(15,16)38-37-70(55,13)14)42-63(58)74(60)50-31-33-53-54(39-50)69(11,12)36-35-68(53,9)10/h17-34,39-42H,35-38,43-44H2,1-16H3. The summed E-state index contributed by atoms with van der Waals surface area (Å²) in [6.07, 6.45) is 6.85. The molecule has 0 radical (unpaired) electrons. The zero-order chi connectivity index (χ0) is 53.2. The Balaban J connectivity index is 1.15. The van der Waals surface area contributed by atoms with Gasteiger partial charge in [0.05, 0.1) is 0 Å². The van der Waals surface area contributed by atoms with Gasteiger partial charge in [0, 0.05) is 51.2 Å². The number of hydrogen-bond donors (Lipinski definition) is 0. The van der Waals surface area contributed by atoms with Crippen LogP contribution >= 0.6 is 0 Å². The van der Waals surface area contributed by atoms with Gasteiger partial charge >= 0.3 is 0 Å². The van der Waals surface area contributed by atoms with Crippen molar-refractivity contribution >= 4 is 74.3 Å². The summed E-state index contributed by atoms with van der Waals surface area (Å²) in [6, 6.07) is 53.5. The molecule has 384 valence electrons. The van der Waals surface area contributed by atoms with Crippen LogP contribution in [0.2, 0.25) is 0 Å². The number of nitrogens with zero attached hydrogens (tertiary/aromatic N) is 3. The Morgan fingerprint density at radius 3 is 1.47 bits per heavy atom. The first-order chi connectivity index (χ1) is 35.1. The summed E-state index contributed by atoms with van der Waals surface area (Å²) in [5, 5.41) is 0. The average molecular weight is 988 g/mol. The van der Waals surface area contributed by atoms with Gasteiger partial charge in [-0.25, -0.2) is 0 Å². The van der Waals surface area contributed by atoms with Gasteiger partial charge < -0.3 is 14.7 Å². The summed E-state index contributed by atoms with van der Waals surface area (Å²) in [4.78, 5) is 7.89. The lowest BCUT2D eigenvalue weighted by Crippen LogP contribution is -2.61. The van der Waals surface area contributed by atoms with E-state index < -0.39 is 0 Å². The first-order valence-electron chi connectivity index (χ1n) is 28.5. The predicted molar refractivity (Wildman–Crippen MR) is 324 cm³/mol. The first kappa shape index (κ1) is 49.9. The highest BCUT2D eigenvalue weighted by Crippen LogP contribution is 2.54. The minimum Gasteiger partial charge on any atom is -0.311 e. The van der Waals surface area contributed by atoms with Crippen molar-refractivity contribution in [2.75, 3.05) is 14.7 Å². The summed E-state index contributed by atoms with van der Waals surface area (Å²) in [5.41, 5.74) is 27.6. The molecule has 7 aromatic carbocycles. The normalized spacial score (nSPS) is 19.1. The topological polar surface area (TPSA) is 9.72 Å². The SMILES string of the molecule is CC1(C)Cc2cccc(N3c4cc(N(c5ccc(C(C)(C)C)cc5)c5ccc(C(C)(C)C)cc5)ccc4B4c5cc6c(cc5N(c5ccc7c(c5)C(C)(C)CCC7(C)C)c5cccc3c54)C(C)(C)CCC6(C)C)c2C1. The molecule has 0 amide bonds. The molecule has 0 unspecified atom stereocenters. The second-order valence-electron chi connectivity index (χ2n) is 29.1. The average Bonchev–Trinajstić information content (AvgIpc) is 3.76. The van der Waals surface area contributed by atoms with E-state index in [9.17, 15) is 0 Å². The van der Waals surface area contributed by atoms with Gasteiger partial charge in [-0.1, -0.05) is 171 Å². The van der Waals surface area contributed by atoms with Crippen LogP contribution in [0.3, 0.4) is 0 Å². The Morgan fingerprint density at radius 2 is 0.893 bits per heavy atom. The zero-order valence-electron chi connectivity index (χ0n) is 48.4. The summed E-state index contributed by atoms with van der Waals surface area (Å²) < 4.78 is 0. The van der Waals surface area contributed by atoms with Crippen LogP contribution < -0.4 is 31.1 Å². The molecule has 0 bridgehead atoms. The maximum Gasteiger partial charge on any atom is 0.252 e. The van der Waals surface area contributed by atoms with Gasteiger partial charge in [-0.05, 0) is 210 Å². The van der Waals surface area contributed by atoms with E-state index in [1.807, 2.05) is 0 Å². The fourth-order valence-corrected chi connectivity index (χ4v) is 14.3. The third kappa shape index (κ3) is 8.04. The highest BCUT2D eigenvalue weighted by molar-refractivity contribution is 7.00. The Bertz CT molecular complexity index is 3380. The van der Waals surface area contributed by atoms with Crippen LogP contribution in [0.5, 0.6) is 0 Å². The van der Waals surface area contributed by atoms with Gasteiger partial charge in [0.1, 0.15) is 0 Å². The molecule has 4 heteroatoms. The van der Waals surface area contributed by atoms with Crippen molar-refractivity contribution in [1.29, 1.82) is 0 Å². The first-order valence-corrected chi connectivity index (χ1v) is 28.5. The van der Waals surface area contributed by atoms with Gasteiger partial charge in [-0.15, -0.1) is 0 Å². The third-order valence-electron chi connectivity index (χ3n) is 19.1. The Hall–Kier alpha value is -6.00. The molecular weight excluding hydrogens is 906 g/mol. The lowest BCUT2D eigenvalue weighted by Gasteiger charge is -2.48. The maximum absolute atomic E-state index is 2.70. The summed E-state index contributed by atoms with van der Waals surface area (Å²) in [6.45, 7) is 38.6. The third-order valence-corrected chi connectivity index (χ3v) is 19.1. The minimum absolute atomic E-state index is 0.0145. The van der Waals surface area contributed by atoms with Gasteiger partial charge in [0.25, 0.3) is 6.71 Å². The van der Waals surface area contributed by atoms with Gasteiger partial charge in [0.2, 0.25) is 0 Å².